The number of nitrogen functional groups attached to an aromatic ring is 1. The highest BCUT2D eigenvalue weighted by Gasteiger charge is 2.23. The SMILES string of the molecule is CCCCc1nc2c(N)nc3cc(C4=CCN(C)CC4)sc3c2n1CC1CCOCC1. The van der Waals surface area contributed by atoms with Crippen molar-refractivity contribution in [1.29, 1.82) is 0 Å². The zero-order valence-corrected chi connectivity index (χ0v) is 19.5. The maximum Gasteiger partial charge on any atom is 0.152 e. The number of thiophene rings is 1. The maximum absolute atomic E-state index is 6.45. The van der Waals surface area contributed by atoms with Crippen LogP contribution in [0.5, 0.6) is 0 Å². The molecule has 0 atom stereocenters. The summed E-state index contributed by atoms with van der Waals surface area (Å²) in [6, 6.07) is 2.24. The van der Waals surface area contributed by atoms with Gasteiger partial charge in [0.15, 0.2) is 5.82 Å². The van der Waals surface area contributed by atoms with Crippen LogP contribution < -0.4 is 5.73 Å². The predicted octanol–water partition coefficient (Wildman–Crippen LogP) is 4.72. The van der Waals surface area contributed by atoms with Gasteiger partial charge in [0.1, 0.15) is 11.3 Å². The summed E-state index contributed by atoms with van der Waals surface area (Å²) < 4.78 is 9.32. The Hall–Kier alpha value is -1.96. The fourth-order valence-corrected chi connectivity index (χ4v) is 6.01. The van der Waals surface area contributed by atoms with Gasteiger partial charge in [-0.25, -0.2) is 9.97 Å². The summed E-state index contributed by atoms with van der Waals surface area (Å²) in [5.74, 6) is 2.36. The van der Waals surface area contributed by atoms with Gasteiger partial charge in [-0.2, -0.15) is 0 Å². The molecule has 0 aliphatic carbocycles. The van der Waals surface area contributed by atoms with Gasteiger partial charge in [0.25, 0.3) is 0 Å². The summed E-state index contributed by atoms with van der Waals surface area (Å²) in [4.78, 5) is 13.5. The lowest BCUT2D eigenvalue weighted by Crippen LogP contribution is -2.23. The van der Waals surface area contributed by atoms with Gasteiger partial charge < -0.3 is 19.9 Å². The number of ether oxygens (including phenoxy) is 1. The van der Waals surface area contributed by atoms with E-state index in [-0.39, 0.29) is 0 Å². The van der Waals surface area contributed by atoms with Crippen LogP contribution in [0.15, 0.2) is 12.1 Å². The second kappa shape index (κ2) is 8.88. The summed E-state index contributed by atoms with van der Waals surface area (Å²) in [5, 5.41) is 0. The fourth-order valence-electron chi connectivity index (χ4n) is 4.79. The Kier molecular flexibility index (Phi) is 5.99. The molecular weight excluding hydrogens is 406 g/mol. The molecule has 6 nitrogen and oxygen atoms in total. The molecule has 1 saturated heterocycles. The van der Waals surface area contributed by atoms with Crippen molar-refractivity contribution in [1.82, 2.24) is 19.4 Å². The minimum absolute atomic E-state index is 0.563. The fraction of sp³-hybridized carbons (Fsp3) is 0.583. The molecule has 0 bridgehead atoms. The highest BCUT2D eigenvalue weighted by molar-refractivity contribution is 7.20. The molecular formula is C24H33N5OS. The van der Waals surface area contributed by atoms with Crippen molar-refractivity contribution in [2.24, 2.45) is 5.92 Å². The summed E-state index contributed by atoms with van der Waals surface area (Å²) in [6.07, 6.45) is 8.98. The lowest BCUT2D eigenvalue weighted by molar-refractivity contribution is 0.0613. The smallest absolute Gasteiger partial charge is 0.152 e. The quantitative estimate of drug-likeness (QED) is 0.602. The van der Waals surface area contributed by atoms with Crippen LogP contribution in [0.1, 0.15) is 49.7 Å². The van der Waals surface area contributed by atoms with Gasteiger partial charge in [0.05, 0.1) is 15.7 Å². The van der Waals surface area contributed by atoms with Crippen LogP contribution in [0.4, 0.5) is 5.82 Å². The zero-order chi connectivity index (χ0) is 21.4. The molecule has 2 aliphatic rings. The van der Waals surface area contributed by atoms with Crippen LogP contribution in [0.3, 0.4) is 0 Å². The molecule has 7 heteroatoms. The number of nitrogens with zero attached hydrogens (tertiary/aromatic N) is 4. The van der Waals surface area contributed by atoms with E-state index in [1.165, 1.54) is 20.7 Å². The molecule has 5 rings (SSSR count). The summed E-state index contributed by atoms with van der Waals surface area (Å²) in [6.45, 7) is 7.09. The number of hydrogen-bond donors (Lipinski definition) is 1. The summed E-state index contributed by atoms with van der Waals surface area (Å²) in [5.41, 5.74) is 11.0. The minimum atomic E-state index is 0.563. The van der Waals surface area contributed by atoms with Crippen LogP contribution in [0.2, 0.25) is 0 Å². The Morgan fingerprint density at radius 3 is 2.84 bits per heavy atom. The van der Waals surface area contributed by atoms with Gasteiger partial charge in [-0.1, -0.05) is 19.4 Å². The number of aryl methyl sites for hydroxylation is 1. The van der Waals surface area contributed by atoms with Crippen molar-refractivity contribution < 1.29 is 4.74 Å². The van der Waals surface area contributed by atoms with Gasteiger partial charge >= 0.3 is 0 Å². The molecule has 0 unspecified atom stereocenters. The topological polar surface area (TPSA) is 69.2 Å². The molecule has 166 valence electrons. The minimum Gasteiger partial charge on any atom is -0.382 e. The van der Waals surface area contributed by atoms with Crippen molar-refractivity contribution >= 4 is 44.0 Å². The second-order valence-corrected chi connectivity index (χ2v) is 10.1. The molecule has 1 fully saturated rings. The number of nitrogens with two attached hydrogens (primary N) is 1. The lowest BCUT2D eigenvalue weighted by Gasteiger charge is -2.23. The molecule has 0 aromatic carbocycles. The normalized spacial score (nSPS) is 18.8. The number of unbranched alkanes of at least 4 members (excludes halogenated alkanes) is 1. The number of anilines is 1. The largest absolute Gasteiger partial charge is 0.382 e. The molecule has 5 heterocycles. The number of imidazole rings is 1. The standard InChI is InChI=1S/C24H33N5OS/c1-3-4-5-20-27-21-22(29(20)15-16-8-12-30-13-9-16)23-18(26-24(21)25)14-19(31-23)17-6-10-28(2)11-7-17/h6,14,16H,3-5,7-13,15H2,1-2H3,(H2,25,26). The number of hydrogen-bond acceptors (Lipinski definition) is 6. The van der Waals surface area contributed by atoms with Crippen molar-refractivity contribution in [3.8, 4) is 0 Å². The highest BCUT2D eigenvalue weighted by atomic mass is 32.1. The van der Waals surface area contributed by atoms with Crippen LogP contribution in [0, 0.1) is 5.92 Å². The molecule has 0 amide bonds. The Morgan fingerprint density at radius 2 is 2.10 bits per heavy atom. The lowest BCUT2D eigenvalue weighted by atomic mass is 10.00. The zero-order valence-electron chi connectivity index (χ0n) is 18.7. The van der Waals surface area contributed by atoms with Crippen molar-refractivity contribution in [3.63, 3.8) is 0 Å². The first-order chi connectivity index (χ1) is 15.1. The monoisotopic (exact) mass is 439 g/mol. The number of pyridine rings is 1. The molecule has 0 saturated carbocycles. The number of likely N-dealkylation sites (N-methyl/N-ethyl adjacent to an activating group) is 1. The first kappa shape index (κ1) is 20.9. The second-order valence-electron chi connectivity index (χ2n) is 9.06. The predicted molar refractivity (Wildman–Crippen MR) is 130 cm³/mol. The highest BCUT2D eigenvalue weighted by Crippen LogP contribution is 2.39. The first-order valence-electron chi connectivity index (χ1n) is 11.7. The van der Waals surface area contributed by atoms with Crippen LogP contribution in [-0.4, -0.2) is 52.8 Å². The molecule has 3 aromatic rings. The van der Waals surface area contributed by atoms with E-state index in [4.69, 9.17) is 20.4 Å². The summed E-state index contributed by atoms with van der Waals surface area (Å²) in [7, 11) is 2.18. The van der Waals surface area contributed by atoms with Crippen molar-refractivity contribution in [3.05, 3.63) is 22.8 Å². The van der Waals surface area contributed by atoms with E-state index in [0.29, 0.717) is 11.7 Å². The van der Waals surface area contributed by atoms with Gasteiger partial charge in [-0.3, -0.25) is 0 Å². The molecule has 2 N–H and O–H groups in total. The number of rotatable bonds is 6. The summed E-state index contributed by atoms with van der Waals surface area (Å²) >= 11 is 1.87. The van der Waals surface area contributed by atoms with E-state index in [1.54, 1.807) is 0 Å². The third kappa shape index (κ3) is 4.11. The molecule has 2 aliphatic heterocycles. The van der Waals surface area contributed by atoms with Gasteiger partial charge in [0.2, 0.25) is 0 Å². The average Bonchev–Trinajstić information content (AvgIpc) is 3.35. The van der Waals surface area contributed by atoms with E-state index in [1.807, 2.05) is 11.3 Å². The Balaban J connectivity index is 1.63. The third-order valence-electron chi connectivity index (χ3n) is 6.72. The molecule has 0 spiro atoms. The van der Waals surface area contributed by atoms with Crippen LogP contribution in [-0.2, 0) is 17.7 Å². The Labute approximate surface area is 188 Å². The van der Waals surface area contributed by atoms with E-state index in [0.717, 1.165) is 88.2 Å². The average molecular weight is 440 g/mol. The number of aromatic nitrogens is 3. The molecule has 3 aromatic heterocycles. The first-order valence-corrected chi connectivity index (χ1v) is 12.5. The third-order valence-corrected chi connectivity index (χ3v) is 7.93. The van der Waals surface area contributed by atoms with Gasteiger partial charge in [-0.15, -0.1) is 11.3 Å². The van der Waals surface area contributed by atoms with Gasteiger partial charge in [0, 0.05) is 44.1 Å². The van der Waals surface area contributed by atoms with Gasteiger partial charge in [-0.05, 0) is 50.3 Å². The van der Waals surface area contributed by atoms with Crippen LogP contribution >= 0.6 is 11.3 Å². The van der Waals surface area contributed by atoms with E-state index in [9.17, 15) is 0 Å². The Bertz CT molecular complexity index is 1110. The van der Waals surface area contributed by atoms with E-state index >= 15 is 0 Å². The maximum atomic E-state index is 6.45. The van der Waals surface area contributed by atoms with Crippen molar-refractivity contribution in [2.45, 2.75) is 52.0 Å². The Morgan fingerprint density at radius 1 is 1.26 bits per heavy atom. The van der Waals surface area contributed by atoms with Crippen LogP contribution in [0.25, 0.3) is 26.8 Å². The molecule has 0 radical (unpaired) electrons. The number of fused-ring (bicyclic) bond motifs is 3. The van der Waals surface area contributed by atoms with E-state index in [2.05, 4.69) is 35.6 Å². The van der Waals surface area contributed by atoms with E-state index < -0.39 is 0 Å². The van der Waals surface area contributed by atoms with Crippen molar-refractivity contribution in [2.75, 3.05) is 39.1 Å². The molecule has 31 heavy (non-hydrogen) atoms.